The Balaban J connectivity index is 0.000000137. The molecule has 21 rings (SSSR count). The van der Waals surface area contributed by atoms with Gasteiger partial charge in [-0.25, -0.2) is 68.6 Å². The van der Waals surface area contributed by atoms with Crippen LogP contribution in [0.1, 0.15) is 104 Å². The SMILES string of the molecule is CCc1nccc(-c2n[nH]c3ccc(NC(=O)[C@]4(SC)CCN(CC(=O)N5CCC(c6ccc(-c7ncccn7)cc6)CC5)C4)cc23)n1.CS[C@@]1(C(=O)Nc2ccc3[nH]nc(-c4ccnc(C)n4)c3c2)CCN(CC(=O)N2CC=C(c3cc(F)c(-c4ncccn4)cc3F)CC2)C1.CS[C@@]1(C(=O)Nc2ccc3[nH]nc(-c4ccnc(C)n4)c3c2)CCN(CC(=O)N2CCC(c3ccc(-c4ncccn4)cc3)CC2)C1. The normalized spacial score (nSPS) is 18.6. The molecule has 0 aliphatic carbocycles. The monoisotopic (exact) mass is 1990 g/mol. The highest BCUT2D eigenvalue weighted by molar-refractivity contribution is 8.01. The number of carbonyl (C=O) groups is 6. The summed E-state index contributed by atoms with van der Waals surface area (Å²) in [6, 6.07) is 47.1. The summed E-state index contributed by atoms with van der Waals surface area (Å²) in [5, 5.41) is 34.6. The number of rotatable bonds is 25. The van der Waals surface area contributed by atoms with Crippen molar-refractivity contribution in [2.45, 2.75) is 105 Å². The van der Waals surface area contributed by atoms with Crippen LogP contribution < -0.4 is 16.0 Å². The molecule has 33 nitrogen and oxygen atoms in total. The minimum Gasteiger partial charge on any atom is -0.342 e. The molecule has 0 radical (unpaired) electrons. The molecule has 5 saturated heterocycles. The maximum Gasteiger partial charge on any atom is 0.241 e. The van der Waals surface area contributed by atoms with Crippen LogP contribution in [0.15, 0.2) is 214 Å². The van der Waals surface area contributed by atoms with Crippen LogP contribution >= 0.6 is 35.3 Å². The van der Waals surface area contributed by atoms with Crippen molar-refractivity contribution in [1.82, 2.24) is 120 Å². The smallest absolute Gasteiger partial charge is 0.241 e. The molecule has 736 valence electrons. The molecule has 0 unspecified atom stereocenters. The number of nitrogens with one attached hydrogen (secondary N) is 6. The van der Waals surface area contributed by atoms with Crippen molar-refractivity contribution in [2.75, 3.05) is 133 Å². The number of thioether (sulfide) groups is 3. The van der Waals surface area contributed by atoms with E-state index >= 15 is 4.39 Å². The highest BCUT2D eigenvalue weighted by Gasteiger charge is 2.48. The van der Waals surface area contributed by atoms with Crippen molar-refractivity contribution in [3.8, 4) is 68.3 Å². The van der Waals surface area contributed by atoms with Crippen LogP contribution in [0.4, 0.5) is 25.8 Å². The standard InChI is InChI=1S/C36H39N9O2S.C35H33F2N9O2S.C35H37N9O2S/c1-3-31-37-17-11-30(41-31)33-28-21-27(9-10-29(28)42-43-33)40-35(47)36(48-2)14-20-44(23-36)22-32(46)45-18-12-25(13-19-45)24-5-7-26(8-6-24)34-38-15-4-16-39-34;1-21-38-12-6-30(41-21)32-26-16-23(4-5-29(26)43-44-32)42-34(48)35(49-2)9-15-45(20-35)19-31(47)46-13-7-22(8-14-46)24-17-28(37)25(18-27(24)36)33-39-10-3-11-40-33;1-23-36-16-10-30(39-23)32-28-20-27(8-9-29(28)41-42-32)40-34(46)35(47-2)13-19-43(22-35)21-31(45)44-17-11-25(12-18-44)24-4-6-26(7-5-24)33-37-14-3-15-38-33/h4-11,15-17,21,25H,3,12-14,18-20,22-23H2,1-2H3,(H,40,47)(H,42,43);3-7,10-12,16-18H,8-9,13-15,19-20H2,1-2H3,(H,42,48)(H,43,44);3-10,14-16,20,25H,11-13,17-19,21-22H2,1-2H3,(H,40,46)(H,41,42)/t36-;2*35-/m000/s1. The number of amides is 6. The Morgan fingerprint density at radius 2 is 0.764 bits per heavy atom. The number of likely N-dealkylation sites (tertiary alicyclic amines) is 5. The molecule has 6 aliphatic rings. The molecule has 0 bridgehead atoms. The van der Waals surface area contributed by atoms with Gasteiger partial charge < -0.3 is 30.7 Å². The van der Waals surface area contributed by atoms with Gasteiger partial charge in [-0.1, -0.05) is 61.5 Å². The maximum absolute atomic E-state index is 15.1. The average Bonchev–Trinajstić information content (AvgIpc) is 1.53. The third-order valence-electron chi connectivity index (χ3n) is 28.1. The predicted molar refractivity (Wildman–Crippen MR) is 557 cm³/mol. The second kappa shape index (κ2) is 43.8. The van der Waals surface area contributed by atoms with Gasteiger partial charge in [-0.2, -0.15) is 15.3 Å². The first-order chi connectivity index (χ1) is 70.1. The molecule has 6 N–H and O–H groups in total. The number of aromatic nitrogens is 18. The molecule has 9 aromatic heterocycles. The lowest BCUT2D eigenvalue weighted by Gasteiger charge is -2.33. The topological polar surface area (TPSA) is 399 Å². The Hall–Kier alpha value is -14.4. The Morgan fingerprint density at radius 1 is 0.403 bits per heavy atom. The van der Waals surface area contributed by atoms with E-state index in [9.17, 15) is 33.2 Å². The van der Waals surface area contributed by atoms with Crippen molar-refractivity contribution in [1.29, 1.82) is 0 Å². The highest BCUT2D eigenvalue weighted by Crippen LogP contribution is 2.43. The third-order valence-corrected chi connectivity index (χ3v) is 32.0. The lowest BCUT2D eigenvalue weighted by Crippen LogP contribution is -2.46. The molecular weight excluding hydrogens is 1880 g/mol. The fourth-order valence-electron chi connectivity index (χ4n) is 19.8. The van der Waals surface area contributed by atoms with Gasteiger partial charge in [0.25, 0.3) is 0 Å². The number of anilines is 3. The summed E-state index contributed by atoms with van der Waals surface area (Å²) in [6.45, 7) is 13.6. The van der Waals surface area contributed by atoms with Gasteiger partial charge in [0, 0.05) is 191 Å². The third kappa shape index (κ3) is 21.9. The molecular formula is C106H109F2N27O6S3. The Morgan fingerprint density at radius 3 is 1.13 bits per heavy atom. The van der Waals surface area contributed by atoms with E-state index in [2.05, 4.69) is 165 Å². The average molecular weight is 1990 g/mol. The van der Waals surface area contributed by atoms with Crippen LogP contribution in [0.2, 0.25) is 0 Å². The summed E-state index contributed by atoms with van der Waals surface area (Å²) in [4.78, 5) is 145. The second-order valence-corrected chi connectivity index (χ2v) is 40.5. The number of piperidine rings is 2. The fourth-order valence-corrected chi connectivity index (χ4v) is 22.4. The fraction of sp³-hybridized carbons (Fsp3) is 0.330. The number of fused-ring (bicyclic) bond motifs is 3. The molecule has 0 saturated carbocycles. The Labute approximate surface area is 843 Å². The quantitative estimate of drug-likeness (QED) is 0.0309. The van der Waals surface area contributed by atoms with Gasteiger partial charge in [-0.05, 0) is 216 Å². The number of aryl methyl sites for hydroxylation is 3. The number of hydrogen-bond donors (Lipinski definition) is 6. The number of benzene rings is 6. The van der Waals surface area contributed by atoms with Crippen LogP contribution in [-0.2, 0) is 35.2 Å². The first-order valence-electron chi connectivity index (χ1n) is 48.3. The number of aromatic amines is 3. The number of H-pyrrole nitrogens is 3. The van der Waals surface area contributed by atoms with Gasteiger partial charge in [0.1, 0.15) is 60.4 Å². The molecule has 5 fully saturated rings. The lowest BCUT2D eigenvalue weighted by atomic mass is 9.89. The predicted octanol–water partition coefficient (Wildman–Crippen LogP) is 15.3. The number of hydrogen-bond acceptors (Lipinski definition) is 27. The van der Waals surface area contributed by atoms with Gasteiger partial charge in [0.2, 0.25) is 35.4 Å². The van der Waals surface area contributed by atoms with Gasteiger partial charge >= 0.3 is 0 Å². The number of nitrogens with zero attached hydrogens (tertiary/aromatic N) is 21. The van der Waals surface area contributed by atoms with Crippen molar-refractivity contribution in [2.24, 2.45) is 0 Å². The van der Waals surface area contributed by atoms with Crippen LogP contribution in [0.25, 0.3) is 107 Å². The Kier molecular flexibility index (Phi) is 29.9. The van der Waals surface area contributed by atoms with Crippen LogP contribution in [-0.4, -0.2) is 286 Å². The maximum atomic E-state index is 15.1. The van der Waals surface area contributed by atoms with E-state index in [1.807, 2.05) is 133 Å². The summed E-state index contributed by atoms with van der Waals surface area (Å²) in [6.07, 6.45) is 29.6. The van der Waals surface area contributed by atoms with E-state index in [0.29, 0.717) is 148 Å². The number of halogens is 2. The van der Waals surface area contributed by atoms with E-state index < -0.39 is 25.9 Å². The summed E-state index contributed by atoms with van der Waals surface area (Å²) in [5.41, 5.74) is 14.3. The summed E-state index contributed by atoms with van der Waals surface area (Å²) >= 11 is 4.60. The molecule has 3 atom stereocenters. The van der Waals surface area contributed by atoms with E-state index in [0.717, 1.165) is 143 Å². The number of carbonyl (C=O) groups excluding carboxylic acids is 6. The molecule has 6 amide bonds. The van der Waals surface area contributed by atoms with Gasteiger partial charge in [-0.3, -0.25) is 58.8 Å². The van der Waals surface area contributed by atoms with E-state index in [1.54, 1.807) is 90.0 Å². The van der Waals surface area contributed by atoms with Gasteiger partial charge in [0.05, 0.1) is 58.8 Å². The van der Waals surface area contributed by atoms with Crippen LogP contribution in [0.5, 0.6) is 0 Å². The van der Waals surface area contributed by atoms with Crippen LogP contribution in [0.3, 0.4) is 0 Å². The first-order valence-corrected chi connectivity index (χ1v) is 51.9. The minimum absolute atomic E-state index is 0.00234. The van der Waals surface area contributed by atoms with E-state index in [-0.39, 0.29) is 65.5 Å². The largest absolute Gasteiger partial charge is 0.342 e. The molecule has 15 aromatic rings. The van der Waals surface area contributed by atoms with E-state index in [4.69, 9.17) is 0 Å². The van der Waals surface area contributed by atoms with Crippen molar-refractivity contribution >= 4 is 126 Å². The Bertz CT molecular complexity index is 7240. The molecule has 38 heteroatoms. The van der Waals surface area contributed by atoms with Crippen molar-refractivity contribution in [3.63, 3.8) is 0 Å². The highest BCUT2D eigenvalue weighted by atomic mass is 32.2. The molecule has 144 heavy (non-hydrogen) atoms. The van der Waals surface area contributed by atoms with Crippen molar-refractivity contribution in [3.05, 3.63) is 259 Å². The minimum atomic E-state index is -0.730. The van der Waals surface area contributed by atoms with Gasteiger partial charge in [0.15, 0.2) is 17.5 Å². The molecule has 6 aliphatic heterocycles. The zero-order valence-corrected chi connectivity index (χ0v) is 83.1. The van der Waals surface area contributed by atoms with Crippen LogP contribution in [0, 0.1) is 25.5 Å². The second-order valence-electron chi connectivity index (χ2n) is 36.9. The lowest BCUT2D eigenvalue weighted by molar-refractivity contribution is -0.134. The summed E-state index contributed by atoms with van der Waals surface area (Å²) < 4.78 is 28.0. The van der Waals surface area contributed by atoms with E-state index in [1.165, 1.54) is 41.3 Å². The molecule has 0 spiro atoms. The molecule has 15 heterocycles. The van der Waals surface area contributed by atoms with Gasteiger partial charge in [-0.15, -0.1) is 35.3 Å². The summed E-state index contributed by atoms with van der Waals surface area (Å²) in [5.74, 6) is 3.27. The zero-order valence-electron chi connectivity index (χ0n) is 80.7. The zero-order chi connectivity index (χ0) is 99.6. The first kappa shape index (κ1) is 98.3. The summed E-state index contributed by atoms with van der Waals surface area (Å²) in [7, 11) is 0. The van der Waals surface area contributed by atoms with Crippen molar-refractivity contribution < 1.29 is 37.5 Å². The molecule has 6 aromatic carbocycles.